The second-order valence-electron chi connectivity index (χ2n) is 12.4. The van der Waals surface area contributed by atoms with Gasteiger partial charge in [-0.2, -0.15) is 10.2 Å². The molecule has 0 saturated carbocycles. The summed E-state index contributed by atoms with van der Waals surface area (Å²) in [6.07, 6.45) is 2.65. The van der Waals surface area contributed by atoms with Crippen molar-refractivity contribution in [1.82, 2.24) is 10.9 Å². The number of fused-ring (bicyclic) bond motifs is 2. The van der Waals surface area contributed by atoms with Gasteiger partial charge in [-0.1, -0.05) is 39.8 Å². The van der Waals surface area contributed by atoms with E-state index in [1.807, 2.05) is 27.7 Å². The molecule has 12 nitrogen and oxygen atoms in total. The number of nitrogens with zero attached hydrogens (tertiary/aromatic N) is 2. The van der Waals surface area contributed by atoms with Crippen molar-refractivity contribution in [3.8, 4) is 45.6 Å². The second kappa shape index (κ2) is 14.9. The van der Waals surface area contributed by atoms with E-state index in [0.717, 1.165) is 0 Å². The summed E-state index contributed by atoms with van der Waals surface area (Å²) in [5.74, 6) is -2.48. The van der Waals surface area contributed by atoms with Gasteiger partial charge in [0.1, 0.15) is 11.5 Å². The predicted molar refractivity (Wildman–Crippen MR) is 189 cm³/mol. The van der Waals surface area contributed by atoms with Gasteiger partial charge in [-0.25, -0.2) is 0 Å². The minimum absolute atomic E-state index is 0.0770. The fourth-order valence-electron chi connectivity index (χ4n) is 6.27. The zero-order valence-corrected chi connectivity index (χ0v) is 28.7. The number of aromatic hydroxyl groups is 6. The average Bonchev–Trinajstić information content (AvgIpc) is 3.01. The molecule has 8 N–H and O–H groups in total. The highest BCUT2D eigenvalue weighted by atomic mass is 16.5. The number of hydrogen-bond donors (Lipinski definition) is 8. The van der Waals surface area contributed by atoms with Crippen LogP contribution in [0.15, 0.2) is 22.3 Å². The largest absolute Gasteiger partial charge is 0.507 e. The van der Waals surface area contributed by atoms with Crippen molar-refractivity contribution in [2.75, 3.05) is 40.5 Å². The third-order valence-corrected chi connectivity index (χ3v) is 8.39. The molecule has 0 unspecified atom stereocenters. The third kappa shape index (κ3) is 6.45. The lowest BCUT2D eigenvalue weighted by Gasteiger charge is -2.23. The van der Waals surface area contributed by atoms with Crippen molar-refractivity contribution in [2.24, 2.45) is 10.2 Å². The summed E-state index contributed by atoms with van der Waals surface area (Å²) in [5.41, 5.74) is 8.39. The molecule has 0 radical (unpaired) electrons. The third-order valence-electron chi connectivity index (χ3n) is 8.39. The molecule has 0 spiro atoms. The van der Waals surface area contributed by atoms with Gasteiger partial charge >= 0.3 is 0 Å². The maximum atomic E-state index is 12.1. The van der Waals surface area contributed by atoms with E-state index >= 15 is 0 Å². The lowest BCUT2D eigenvalue weighted by Crippen LogP contribution is -2.13. The molecular weight excluding hydrogens is 616 g/mol. The number of hydrazone groups is 2. The smallest absolute Gasteiger partial charge is 0.167 e. The zero-order valence-electron chi connectivity index (χ0n) is 28.7. The highest BCUT2D eigenvalue weighted by Crippen LogP contribution is 2.54. The van der Waals surface area contributed by atoms with Crippen molar-refractivity contribution >= 4 is 34.0 Å². The van der Waals surface area contributed by atoms with Crippen LogP contribution < -0.4 is 10.9 Å². The maximum absolute atomic E-state index is 12.1. The first-order valence-corrected chi connectivity index (χ1v) is 15.8. The molecule has 48 heavy (non-hydrogen) atoms. The summed E-state index contributed by atoms with van der Waals surface area (Å²) in [6, 6.07) is 3.60. The Hall–Kier alpha value is -4.94. The topological polar surface area (TPSA) is 189 Å². The zero-order chi connectivity index (χ0) is 35.4. The van der Waals surface area contributed by atoms with Gasteiger partial charge in [0.15, 0.2) is 23.0 Å². The van der Waals surface area contributed by atoms with Crippen LogP contribution in [-0.2, 0) is 9.47 Å². The van der Waals surface area contributed by atoms with Gasteiger partial charge in [0, 0.05) is 47.2 Å². The summed E-state index contributed by atoms with van der Waals surface area (Å²) in [7, 11) is 3.12. The fourth-order valence-corrected chi connectivity index (χ4v) is 6.27. The average molecular weight is 663 g/mol. The molecule has 0 saturated heterocycles. The summed E-state index contributed by atoms with van der Waals surface area (Å²) < 4.78 is 10.1. The Morgan fingerprint density at radius 2 is 0.958 bits per heavy atom. The minimum atomic E-state index is -0.450. The van der Waals surface area contributed by atoms with Gasteiger partial charge in [0.2, 0.25) is 0 Å². The monoisotopic (exact) mass is 662 g/mol. The molecule has 12 heteroatoms. The van der Waals surface area contributed by atoms with Crippen LogP contribution in [0.2, 0.25) is 0 Å². The maximum Gasteiger partial charge on any atom is 0.167 e. The van der Waals surface area contributed by atoms with Gasteiger partial charge in [-0.3, -0.25) is 0 Å². The molecule has 0 bridgehead atoms. The number of aryl methyl sites for hydroxylation is 2. The first-order chi connectivity index (χ1) is 22.8. The Bertz CT molecular complexity index is 1760. The molecule has 0 aromatic heterocycles. The summed E-state index contributed by atoms with van der Waals surface area (Å²) in [4.78, 5) is 0. The van der Waals surface area contributed by atoms with Crippen LogP contribution in [0.5, 0.6) is 34.5 Å². The van der Waals surface area contributed by atoms with E-state index in [0.29, 0.717) is 59.3 Å². The Kier molecular flexibility index (Phi) is 11.1. The number of phenols is 6. The van der Waals surface area contributed by atoms with E-state index in [2.05, 4.69) is 21.1 Å². The Balaban J connectivity index is 2.14. The molecular formula is C36H46N4O8. The van der Waals surface area contributed by atoms with Crippen molar-refractivity contribution < 1.29 is 40.1 Å². The molecule has 4 aromatic rings. The molecule has 0 atom stereocenters. The lowest BCUT2D eigenvalue weighted by atomic mass is 9.83. The van der Waals surface area contributed by atoms with E-state index < -0.39 is 11.5 Å². The van der Waals surface area contributed by atoms with Gasteiger partial charge in [-0.05, 0) is 47.6 Å². The summed E-state index contributed by atoms with van der Waals surface area (Å²) >= 11 is 0. The van der Waals surface area contributed by atoms with Gasteiger partial charge in [0.25, 0.3) is 0 Å². The Morgan fingerprint density at radius 1 is 0.604 bits per heavy atom. The standard InChI is InChI=1S/C36H46N4O8/c1-17(2)25-21-13-19(5)27(33(43)29(21)23(31(41)35(25)45)15-39-37-9-11-47-7)28-20(6)14-22-26(18(3)4)36(46)32(42)24(30(22)34(28)44)16-40-38-10-12-48-8/h13-18,37-38,41-46H,9-12H2,1-8H3/b39-15+,40-16+. The van der Waals surface area contributed by atoms with Crippen molar-refractivity contribution in [2.45, 2.75) is 53.4 Å². The van der Waals surface area contributed by atoms with E-state index in [-0.39, 0.29) is 67.9 Å². The molecule has 0 fully saturated rings. The number of nitrogens with one attached hydrogen (secondary N) is 2. The number of hydrogen-bond acceptors (Lipinski definition) is 12. The van der Waals surface area contributed by atoms with E-state index in [1.165, 1.54) is 12.4 Å². The van der Waals surface area contributed by atoms with E-state index in [9.17, 15) is 30.6 Å². The molecule has 0 heterocycles. The quantitative estimate of drug-likeness (QED) is 0.0371. The first kappa shape index (κ1) is 35.9. The SMILES string of the molecule is COCCN/N=C/c1c(O)c(O)c(C(C)C)c2cc(C)c(-c3c(C)cc4c(C(C)C)c(O)c(O)c(/C=N/NCCOC)c4c3O)c(O)c12. The van der Waals surface area contributed by atoms with Crippen LogP contribution in [0.25, 0.3) is 32.7 Å². The highest BCUT2D eigenvalue weighted by Gasteiger charge is 2.29. The molecule has 4 aromatic carbocycles. The van der Waals surface area contributed by atoms with Crippen molar-refractivity contribution in [3.63, 3.8) is 0 Å². The van der Waals surface area contributed by atoms with Crippen LogP contribution >= 0.6 is 0 Å². The van der Waals surface area contributed by atoms with Gasteiger partial charge in [0.05, 0.1) is 49.9 Å². The first-order valence-electron chi connectivity index (χ1n) is 15.8. The van der Waals surface area contributed by atoms with Gasteiger partial charge in [-0.15, -0.1) is 0 Å². The Labute approximate surface area is 280 Å². The van der Waals surface area contributed by atoms with Crippen LogP contribution in [-0.4, -0.2) is 83.6 Å². The molecule has 0 amide bonds. The number of methoxy groups -OCH3 is 2. The number of benzene rings is 4. The molecule has 258 valence electrons. The van der Waals surface area contributed by atoms with Crippen LogP contribution in [0.1, 0.15) is 72.9 Å². The number of phenolic OH excluding ortho intramolecular Hbond substituents is 6. The molecule has 4 rings (SSSR count). The van der Waals surface area contributed by atoms with Crippen LogP contribution in [0.3, 0.4) is 0 Å². The Morgan fingerprint density at radius 3 is 1.27 bits per heavy atom. The summed E-state index contributed by atoms with van der Waals surface area (Å²) in [6.45, 7) is 12.6. The van der Waals surface area contributed by atoms with E-state index in [4.69, 9.17) is 9.47 Å². The van der Waals surface area contributed by atoms with E-state index in [1.54, 1.807) is 40.2 Å². The van der Waals surface area contributed by atoms with Crippen LogP contribution in [0, 0.1) is 13.8 Å². The molecule has 0 aliphatic carbocycles. The second-order valence-corrected chi connectivity index (χ2v) is 12.4. The number of rotatable bonds is 13. The van der Waals surface area contributed by atoms with Crippen molar-refractivity contribution in [3.05, 3.63) is 45.5 Å². The molecule has 0 aliphatic heterocycles. The fraction of sp³-hybridized carbons (Fsp3) is 0.389. The molecule has 0 aliphatic rings. The highest BCUT2D eigenvalue weighted by molar-refractivity contribution is 6.15. The van der Waals surface area contributed by atoms with Gasteiger partial charge < -0.3 is 51.0 Å². The number of ether oxygens (including phenoxy) is 2. The summed E-state index contributed by atoms with van der Waals surface area (Å²) in [5, 5.41) is 78.7. The van der Waals surface area contributed by atoms with Crippen LogP contribution in [0.4, 0.5) is 0 Å². The predicted octanol–water partition coefficient (Wildman–Crippen LogP) is 5.90. The lowest BCUT2D eigenvalue weighted by molar-refractivity contribution is 0.200. The normalized spacial score (nSPS) is 12.1. The minimum Gasteiger partial charge on any atom is -0.507 e. The van der Waals surface area contributed by atoms with Crippen molar-refractivity contribution in [1.29, 1.82) is 0 Å².